The van der Waals surface area contributed by atoms with Gasteiger partial charge in [-0.15, -0.1) is 0 Å². The number of rotatable bonds is 6. The molecule has 0 N–H and O–H groups in total. The molecule has 0 aliphatic carbocycles. The smallest absolute Gasteiger partial charge is 0.348 e. The molecule has 0 aliphatic rings. The lowest BCUT2D eigenvalue weighted by Crippen LogP contribution is -2.08. The number of esters is 1. The van der Waals surface area contributed by atoms with E-state index in [9.17, 15) is 20.2 Å². The van der Waals surface area contributed by atoms with E-state index in [0.717, 1.165) is 10.8 Å². The summed E-state index contributed by atoms with van der Waals surface area (Å²) in [6, 6.07) is 16.0. The number of carbonyl (C=O) groups excluding carboxylic acids is 1. The average molecular weight is 375 g/mol. The third-order valence-corrected chi connectivity index (χ3v) is 4.31. The molecule has 2 aromatic carbocycles. The summed E-state index contributed by atoms with van der Waals surface area (Å²) in [7, 11) is 0. The van der Waals surface area contributed by atoms with E-state index in [1.165, 1.54) is 12.1 Å². The monoisotopic (exact) mass is 375 g/mol. The summed E-state index contributed by atoms with van der Waals surface area (Å²) < 4.78 is 6.64. The molecule has 140 valence electrons. The van der Waals surface area contributed by atoms with E-state index in [1.807, 2.05) is 30.3 Å². The molecule has 0 fully saturated rings. The first-order valence-corrected chi connectivity index (χ1v) is 8.64. The van der Waals surface area contributed by atoms with Crippen molar-refractivity contribution in [2.24, 2.45) is 0 Å². The number of nitrogens with zero attached hydrogens (tertiary/aromatic N) is 3. The Bertz CT molecular complexity index is 1120. The van der Waals surface area contributed by atoms with Crippen LogP contribution in [0.4, 0.5) is 5.69 Å². The van der Waals surface area contributed by atoms with Crippen LogP contribution in [-0.4, -0.2) is 22.1 Å². The zero-order valence-corrected chi connectivity index (χ0v) is 15.2. The predicted molar refractivity (Wildman–Crippen MR) is 104 cm³/mol. The van der Waals surface area contributed by atoms with Gasteiger partial charge in [-0.05, 0) is 42.0 Å². The van der Waals surface area contributed by atoms with E-state index in [0.29, 0.717) is 11.3 Å². The first-order chi connectivity index (χ1) is 13.5. The molecule has 0 unspecified atom stereocenters. The van der Waals surface area contributed by atoms with Crippen molar-refractivity contribution in [1.82, 2.24) is 4.57 Å². The van der Waals surface area contributed by atoms with Crippen molar-refractivity contribution < 1.29 is 14.5 Å². The normalized spacial score (nSPS) is 11.2. The fourth-order valence-corrected chi connectivity index (χ4v) is 3.03. The largest absolute Gasteiger partial charge is 0.462 e. The third kappa shape index (κ3) is 3.76. The molecule has 0 saturated heterocycles. The van der Waals surface area contributed by atoms with Crippen molar-refractivity contribution in [2.75, 3.05) is 6.61 Å². The highest BCUT2D eigenvalue weighted by Crippen LogP contribution is 2.29. The average Bonchev–Trinajstić information content (AvgIpc) is 3.13. The molecule has 7 heteroatoms. The molecule has 1 aromatic heterocycles. The summed E-state index contributed by atoms with van der Waals surface area (Å²) in [4.78, 5) is 23.0. The first kappa shape index (κ1) is 18.9. The van der Waals surface area contributed by atoms with Gasteiger partial charge in [0.05, 0.1) is 23.6 Å². The van der Waals surface area contributed by atoms with Crippen LogP contribution in [0.1, 0.15) is 18.2 Å². The minimum atomic E-state index is -0.700. The van der Waals surface area contributed by atoms with Crippen LogP contribution in [0.2, 0.25) is 0 Å². The molecule has 0 amide bonds. The van der Waals surface area contributed by atoms with Gasteiger partial charge in [0.15, 0.2) is 0 Å². The maximum absolute atomic E-state index is 11.9. The van der Waals surface area contributed by atoms with E-state index < -0.39 is 10.9 Å². The van der Waals surface area contributed by atoms with E-state index >= 15 is 0 Å². The number of nitro groups is 1. The molecule has 0 spiro atoms. The number of ether oxygens (including phenoxy) is 1. The molecule has 0 bridgehead atoms. The molecule has 0 radical (unpaired) electrons. The lowest BCUT2D eigenvalue weighted by molar-refractivity contribution is -0.385. The van der Waals surface area contributed by atoms with Gasteiger partial charge in [0, 0.05) is 18.0 Å². The van der Waals surface area contributed by atoms with E-state index in [2.05, 4.69) is 0 Å². The molecular weight excluding hydrogens is 358 g/mol. The minimum Gasteiger partial charge on any atom is -0.462 e. The standard InChI is InChI=1S/C21H17N3O4/c1-2-28-21(25)16(13-22)12-17-7-5-11-23(17)14-19-18-8-4-3-6-15(18)9-10-20(19)24(26)27/h3-12H,2,14H2,1H3/b16-12+. The maximum Gasteiger partial charge on any atom is 0.348 e. The number of benzene rings is 2. The van der Waals surface area contributed by atoms with Crippen molar-refractivity contribution in [3.8, 4) is 6.07 Å². The first-order valence-electron chi connectivity index (χ1n) is 8.64. The molecule has 7 nitrogen and oxygen atoms in total. The fraction of sp³-hybridized carbons (Fsp3) is 0.143. The number of nitro benzene ring substituents is 1. The number of nitriles is 1. The Labute approximate surface area is 161 Å². The van der Waals surface area contributed by atoms with Gasteiger partial charge in [-0.3, -0.25) is 10.1 Å². The Kier molecular flexibility index (Phi) is 5.51. The van der Waals surface area contributed by atoms with Crippen molar-refractivity contribution >= 4 is 28.5 Å². The minimum absolute atomic E-state index is 0.0215. The second kappa shape index (κ2) is 8.18. The molecule has 28 heavy (non-hydrogen) atoms. The molecule has 1 heterocycles. The lowest BCUT2D eigenvalue weighted by atomic mass is 10.0. The summed E-state index contributed by atoms with van der Waals surface area (Å²) >= 11 is 0. The summed E-state index contributed by atoms with van der Waals surface area (Å²) in [5.74, 6) is -0.700. The predicted octanol–water partition coefficient (Wildman–Crippen LogP) is 4.07. The van der Waals surface area contributed by atoms with Crippen molar-refractivity contribution in [3.05, 3.63) is 81.7 Å². The van der Waals surface area contributed by atoms with Crippen molar-refractivity contribution in [1.29, 1.82) is 5.26 Å². The fourth-order valence-electron chi connectivity index (χ4n) is 3.03. The lowest BCUT2D eigenvalue weighted by Gasteiger charge is -2.11. The topological polar surface area (TPSA) is 98.2 Å². The van der Waals surface area contributed by atoms with Gasteiger partial charge in [-0.1, -0.05) is 24.3 Å². The van der Waals surface area contributed by atoms with Gasteiger partial charge in [0.2, 0.25) is 0 Å². The zero-order valence-electron chi connectivity index (χ0n) is 15.2. The molecule has 0 aliphatic heterocycles. The molecule has 0 atom stereocenters. The molecule has 0 saturated carbocycles. The summed E-state index contributed by atoms with van der Waals surface area (Å²) in [6.07, 6.45) is 3.17. The van der Waals surface area contributed by atoms with Crippen LogP contribution in [0.3, 0.4) is 0 Å². The van der Waals surface area contributed by atoms with Gasteiger partial charge in [-0.2, -0.15) is 5.26 Å². The summed E-state index contributed by atoms with van der Waals surface area (Å²) in [5, 5.41) is 22.5. The summed E-state index contributed by atoms with van der Waals surface area (Å²) in [6.45, 7) is 2.05. The Morgan fingerprint density at radius 3 is 2.75 bits per heavy atom. The van der Waals surface area contributed by atoms with Crippen LogP contribution in [0.15, 0.2) is 60.3 Å². The van der Waals surface area contributed by atoms with E-state index in [1.54, 1.807) is 35.9 Å². The highest BCUT2D eigenvalue weighted by atomic mass is 16.6. The quantitative estimate of drug-likeness (QED) is 0.213. The number of hydrogen-bond acceptors (Lipinski definition) is 5. The maximum atomic E-state index is 11.9. The van der Waals surface area contributed by atoms with Crippen molar-refractivity contribution in [3.63, 3.8) is 0 Å². The van der Waals surface area contributed by atoms with Crippen LogP contribution >= 0.6 is 0 Å². The Morgan fingerprint density at radius 1 is 1.25 bits per heavy atom. The Balaban J connectivity index is 2.07. The molecular formula is C21H17N3O4. The van der Waals surface area contributed by atoms with Gasteiger partial charge in [0.25, 0.3) is 5.69 Å². The molecule has 3 rings (SSSR count). The van der Waals surface area contributed by atoms with Gasteiger partial charge >= 0.3 is 5.97 Å². The second-order valence-electron chi connectivity index (χ2n) is 5.99. The number of carbonyl (C=O) groups is 1. The highest BCUT2D eigenvalue weighted by Gasteiger charge is 2.18. The van der Waals surface area contributed by atoms with Crippen molar-refractivity contribution in [2.45, 2.75) is 13.5 Å². The van der Waals surface area contributed by atoms with Crippen LogP contribution in [0, 0.1) is 21.4 Å². The number of aromatic nitrogens is 1. The van der Waals surface area contributed by atoms with Crippen LogP contribution < -0.4 is 0 Å². The third-order valence-electron chi connectivity index (χ3n) is 4.31. The van der Waals surface area contributed by atoms with Gasteiger partial charge in [-0.25, -0.2) is 4.79 Å². The SMILES string of the molecule is CCOC(=O)/C(C#N)=C/c1cccn1Cc1c([N+](=O)[O-])ccc2ccccc12. The second-order valence-corrected chi connectivity index (χ2v) is 5.99. The van der Waals surface area contributed by atoms with Crippen LogP contribution in [-0.2, 0) is 16.1 Å². The van der Waals surface area contributed by atoms with Gasteiger partial charge < -0.3 is 9.30 Å². The van der Waals surface area contributed by atoms with Gasteiger partial charge in [0.1, 0.15) is 11.6 Å². The van der Waals surface area contributed by atoms with E-state index in [4.69, 9.17) is 4.74 Å². The van der Waals surface area contributed by atoms with E-state index in [-0.39, 0.29) is 24.4 Å². The summed E-state index contributed by atoms with van der Waals surface area (Å²) in [5.41, 5.74) is 1.03. The zero-order chi connectivity index (χ0) is 20.1. The van der Waals surface area contributed by atoms with Crippen LogP contribution in [0.25, 0.3) is 16.8 Å². The molecule has 3 aromatic rings. The Hall–Kier alpha value is -3.92. The number of hydrogen-bond donors (Lipinski definition) is 0. The van der Waals surface area contributed by atoms with Crippen LogP contribution in [0.5, 0.6) is 0 Å². The Morgan fingerprint density at radius 2 is 2.04 bits per heavy atom. The number of fused-ring (bicyclic) bond motifs is 1. The highest BCUT2D eigenvalue weighted by molar-refractivity contribution is 5.97.